The highest BCUT2D eigenvalue weighted by Gasteiger charge is 2.22. The van der Waals surface area contributed by atoms with Gasteiger partial charge in [0.25, 0.3) is 6.43 Å². The molecule has 0 aromatic heterocycles. The van der Waals surface area contributed by atoms with Crippen molar-refractivity contribution in [3.8, 4) is 0 Å². The van der Waals surface area contributed by atoms with Crippen LogP contribution in [0.3, 0.4) is 0 Å². The Kier molecular flexibility index (Phi) is 6.73. The molecule has 1 saturated carbocycles. The van der Waals surface area contributed by atoms with Crippen molar-refractivity contribution in [1.29, 1.82) is 0 Å². The zero-order chi connectivity index (χ0) is 11.1. The Bertz CT molecular complexity index is 159. The Morgan fingerprint density at radius 2 is 1.73 bits per heavy atom. The van der Waals surface area contributed by atoms with E-state index in [4.69, 9.17) is 0 Å². The predicted molar refractivity (Wildman–Crippen MR) is 62.9 cm³/mol. The molecule has 0 aromatic carbocycles. The maximum absolute atomic E-state index is 12.4. The molecule has 1 aliphatic rings. The molecular formula is C11H20BrF2N. The minimum Gasteiger partial charge on any atom is -0.294 e. The lowest BCUT2D eigenvalue weighted by atomic mass is 10.1. The SMILES string of the molecule is FC(F)CN(CCBr)C1CCCCCC1. The van der Waals surface area contributed by atoms with Gasteiger partial charge in [-0.2, -0.15) is 0 Å². The van der Waals surface area contributed by atoms with Crippen LogP contribution in [-0.2, 0) is 0 Å². The maximum Gasteiger partial charge on any atom is 0.251 e. The summed E-state index contributed by atoms with van der Waals surface area (Å²) >= 11 is 3.34. The fourth-order valence-electron chi connectivity index (χ4n) is 2.33. The average Bonchev–Trinajstić information content (AvgIpc) is 2.44. The van der Waals surface area contributed by atoms with Gasteiger partial charge in [-0.1, -0.05) is 41.6 Å². The molecule has 0 atom stereocenters. The van der Waals surface area contributed by atoms with Crippen LogP contribution in [0.4, 0.5) is 8.78 Å². The molecule has 0 aromatic rings. The summed E-state index contributed by atoms with van der Waals surface area (Å²) in [7, 11) is 0. The Balaban J connectivity index is 2.44. The molecule has 4 heteroatoms. The van der Waals surface area contributed by atoms with Gasteiger partial charge in [-0.15, -0.1) is 0 Å². The second-order valence-corrected chi connectivity index (χ2v) is 5.01. The molecule has 15 heavy (non-hydrogen) atoms. The average molecular weight is 284 g/mol. The van der Waals surface area contributed by atoms with Crippen molar-refractivity contribution in [2.75, 3.05) is 18.4 Å². The van der Waals surface area contributed by atoms with Gasteiger partial charge in [0, 0.05) is 17.9 Å². The van der Waals surface area contributed by atoms with E-state index in [0.29, 0.717) is 6.04 Å². The second-order valence-electron chi connectivity index (χ2n) is 4.22. The first kappa shape index (κ1) is 13.4. The third-order valence-electron chi connectivity index (χ3n) is 3.09. The van der Waals surface area contributed by atoms with Crippen molar-refractivity contribution in [3.05, 3.63) is 0 Å². The summed E-state index contributed by atoms with van der Waals surface area (Å²) in [6.45, 7) is 0.686. The fourth-order valence-corrected chi connectivity index (χ4v) is 2.79. The normalized spacial score (nSPS) is 19.8. The Morgan fingerprint density at radius 1 is 1.13 bits per heavy atom. The van der Waals surface area contributed by atoms with Crippen molar-refractivity contribution in [2.45, 2.75) is 51.0 Å². The van der Waals surface area contributed by atoms with E-state index in [1.165, 1.54) is 25.7 Å². The van der Waals surface area contributed by atoms with Crippen LogP contribution in [0.25, 0.3) is 0 Å². The summed E-state index contributed by atoms with van der Waals surface area (Å²) in [4.78, 5) is 1.96. The van der Waals surface area contributed by atoms with E-state index in [9.17, 15) is 8.78 Å². The van der Waals surface area contributed by atoms with E-state index >= 15 is 0 Å². The highest BCUT2D eigenvalue weighted by atomic mass is 79.9. The van der Waals surface area contributed by atoms with Crippen LogP contribution in [0.1, 0.15) is 38.5 Å². The van der Waals surface area contributed by atoms with E-state index in [0.717, 1.165) is 24.7 Å². The van der Waals surface area contributed by atoms with E-state index in [-0.39, 0.29) is 6.54 Å². The molecule has 0 bridgehead atoms. The lowest BCUT2D eigenvalue weighted by molar-refractivity contribution is 0.0650. The smallest absolute Gasteiger partial charge is 0.251 e. The first-order valence-corrected chi connectivity index (χ1v) is 6.94. The van der Waals surface area contributed by atoms with Gasteiger partial charge in [-0.05, 0) is 12.8 Å². The first-order valence-electron chi connectivity index (χ1n) is 5.82. The number of hydrogen-bond donors (Lipinski definition) is 0. The highest BCUT2D eigenvalue weighted by Crippen LogP contribution is 2.22. The van der Waals surface area contributed by atoms with Crippen LogP contribution in [0, 0.1) is 0 Å². The number of alkyl halides is 3. The van der Waals surface area contributed by atoms with Gasteiger partial charge in [0.2, 0.25) is 0 Å². The zero-order valence-corrected chi connectivity index (χ0v) is 10.7. The van der Waals surface area contributed by atoms with Crippen LogP contribution in [-0.4, -0.2) is 35.8 Å². The number of rotatable bonds is 5. The molecule has 1 aliphatic carbocycles. The second kappa shape index (κ2) is 7.55. The van der Waals surface area contributed by atoms with Gasteiger partial charge in [0.05, 0.1) is 6.54 Å². The Hall–Kier alpha value is 0.300. The molecule has 0 N–H and O–H groups in total. The monoisotopic (exact) mass is 283 g/mol. The van der Waals surface area contributed by atoms with Gasteiger partial charge in [0.1, 0.15) is 0 Å². The van der Waals surface area contributed by atoms with Crippen molar-refractivity contribution >= 4 is 15.9 Å². The highest BCUT2D eigenvalue weighted by molar-refractivity contribution is 9.09. The van der Waals surface area contributed by atoms with Crippen molar-refractivity contribution < 1.29 is 8.78 Å². The predicted octanol–water partition coefficient (Wildman–Crippen LogP) is 3.67. The molecule has 0 heterocycles. The van der Waals surface area contributed by atoms with Crippen molar-refractivity contribution in [3.63, 3.8) is 0 Å². The third kappa shape index (κ3) is 5.25. The van der Waals surface area contributed by atoms with Crippen LogP contribution < -0.4 is 0 Å². The number of halogens is 3. The summed E-state index contributed by atoms with van der Waals surface area (Å²) in [5, 5.41) is 0.788. The number of nitrogens with zero attached hydrogens (tertiary/aromatic N) is 1. The molecule has 0 aliphatic heterocycles. The topological polar surface area (TPSA) is 3.24 Å². The first-order chi connectivity index (χ1) is 7.24. The summed E-state index contributed by atoms with van der Waals surface area (Å²) in [5.41, 5.74) is 0. The summed E-state index contributed by atoms with van der Waals surface area (Å²) in [6, 6.07) is 0.388. The molecule has 1 rings (SSSR count). The van der Waals surface area contributed by atoms with Gasteiger partial charge in [-0.3, -0.25) is 4.90 Å². The zero-order valence-electron chi connectivity index (χ0n) is 9.10. The molecule has 0 radical (unpaired) electrons. The van der Waals surface area contributed by atoms with Crippen LogP contribution in [0.2, 0.25) is 0 Å². The molecule has 0 saturated heterocycles. The summed E-state index contributed by atoms with van der Waals surface area (Å²) in [6.07, 6.45) is 4.94. The fraction of sp³-hybridized carbons (Fsp3) is 1.00. The Morgan fingerprint density at radius 3 is 2.20 bits per heavy atom. The van der Waals surface area contributed by atoms with Crippen LogP contribution in [0.15, 0.2) is 0 Å². The van der Waals surface area contributed by atoms with Gasteiger partial charge in [-0.25, -0.2) is 8.78 Å². The standard InChI is InChI=1S/C11H20BrF2N/c12-7-8-15(9-11(13)14)10-5-3-1-2-4-6-10/h10-11H,1-9H2. The van der Waals surface area contributed by atoms with Gasteiger partial charge in [0.15, 0.2) is 0 Å². The Labute approximate surface area is 99.3 Å². The largest absolute Gasteiger partial charge is 0.294 e. The molecule has 0 amide bonds. The summed E-state index contributed by atoms with van der Waals surface area (Å²) < 4.78 is 24.8. The van der Waals surface area contributed by atoms with E-state index < -0.39 is 6.43 Å². The van der Waals surface area contributed by atoms with E-state index in [1.807, 2.05) is 4.90 Å². The van der Waals surface area contributed by atoms with E-state index in [2.05, 4.69) is 15.9 Å². The lowest BCUT2D eigenvalue weighted by Gasteiger charge is -2.30. The van der Waals surface area contributed by atoms with Gasteiger partial charge < -0.3 is 0 Å². The number of hydrogen-bond acceptors (Lipinski definition) is 1. The molecule has 1 nitrogen and oxygen atoms in total. The van der Waals surface area contributed by atoms with Crippen LogP contribution >= 0.6 is 15.9 Å². The van der Waals surface area contributed by atoms with E-state index in [1.54, 1.807) is 0 Å². The third-order valence-corrected chi connectivity index (χ3v) is 3.44. The quantitative estimate of drug-likeness (QED) is 0.550. The van der Waals surface area contributed by atoms with Crippen molar-refractivity contribution in [1.82, 2.24) is 4.90 Å². The van der Waals surface area contributed by atoms with Crippen molar-refractivity contribution in [2.24, 2.45) is 0 Å². The maximum atomic E-state index is 12.4. The lowest BCUT2D eigenvalue weighted by Crippen LogP contribution is -2.39. The molecule has 0 unspecified atom stereocenters. The molecular weight excluding hydrogens is 264 g/mol. The van der Waals surface area contributed by atoms with Crippen LogP contribution in [0.5, 0.6) is 0 Å². The summed E-state index contributed by atoms with van der Waals surface area (Å²) in [5.74, 6) is 0. The molecule has 1 fully saturated rings. The van der Waals surface area contributed by atoms with Gasteiger partial charge >= 0.3 is 0 Å². The molecule has 0 spiro atoms. The minimum atomic E-state index is -2.20. The molecule has 90 valence electrons. The minimum absolute atomic E-state index is 0.0593.